The number of ether oxygens (including phenoxy) is 1. The van der Waals surface area contributed by atoms with Gasteiger partial charge >= 0.3 is 0 Å². The molecule has 18 heavy (non-hydrogen) atoms. The van der Waals surface area contributed by atoms with Gasteiger partial charge in [-0.25, -0.2) is 8.42 Å². The van der Waals surface area contributed by atoms with Gasteiger partial charge in [-0.15, -0.1) is 0 Å². The van der Waals surface area contributed by atoms with E-state index < -0.39 is 9.05 Å². The number of aryl methyl sites for hydroxylation is 1. The summed E-state index contributed by atoms with van der Waals surface area (Å²) in [4.78, 5) is 0. The Morgan fingerprint density at radius 3 is 2.61 bits per heavy atom. The van der Waals surface area contributed by atoms with Gasteiger partial charge < -0.3 is 9.15 Å². The normalized spacial score (nSPS) is 12.0. The van der Waals surface area contributed by atoms with Crippen molar-refractivity contribution in [3.05, 3.63) is 28.5 Å². The number of rotatable bonds is 3. The van der Waals surface area contributed by atoms with E-state index in [0.717, 1.165) is 0 Å². The highest BCUT2D eigenvalue weighted by molar-refractivity contribution is 8.13. The Morgan fingerprint density at radius 2 is 2.06 bits per heavy atom. The van der Waals surface area contributed by atoms with Crippen molar-refractivity contribution in [1.82, 2.24) is 0 Å². The van der Waals surface area contributed by atoms with Crippen molar-refractivity contribution in [2.24, 2.45) is 0 Å². The molecule has 0 amide bonds. The number of furan rings is 1. The van der Waals surface area contributed by atoms with Crippen molar-refractivity contribution in [3.8, 4) is 5.75 Å². The maximum absolute atomic E-state index is 11.1. The van der Waals surface area contributed by atoms with Crippen LogP contribution in [0.3, 0.4) is 0 Å². The lowest BCUT2D eigenvalue weighted by molar-refractivity contribution is 0.408. The lowest BCUT2D eigenvalue weighted by Gasteiger charge is -2.07. The SMILES string of the molecule is COc1cc(CS(=O)(=O)Cl)c(Cl)c2cc(C)oc12. The maximum Gasteiger partial charge on any atom is 0.236 e. The topological polar surface area (TPSA) is 56.5 Å². The van der Waals surface area contributed by atoms with Gasteiger partial charge in [0.15, 0.2) is 11.3 Å². The molecule has 4 nitrogen and oxygen atoms in total. The highest BCUT2D eigenvalue weighted by Crippen LogP contribution is 2.37. The molecule has 1 aromatic carbocycles. The second kappa shape index (κ2) is 4.64. The van der Waals surface area contributed by atoms with Crippen molar-refractivity contribution in [3.63, 3.8) is 0 Å². The summed E-state index contributed by atoms with van der Waals surface area (Å²) < 4.78 is 32.9. The van der Waals surface area contributed by atoms with Crippen LogP contribution in [0.5, 0.6) is 5.75 Å². The van der Waals surface area contributed by atoms with E-state index in [1.807, 2.05) is 0 Å². The Labute approximate surface area is 114 Å². The summed E-state index contributed by atoms with van der Waals surface area (Å²) in [5.41, 5.74) is 0.882. The molecule has 0 radical (unpaired) electrons. The zero-order valence-corrected chi connectivity index (χ0v) is 12.0. The highest BCUT2D eigenvalue weighted by atomic mass is 35.7. The first kappa shape index (κ1) is 13.5. The minimum absolute atomic E-state index is 0.312. The summed E-state index contributed by atoms with van der Waals surface area (Å²) in [6.07, 6.45) is 0. The molecule has 0 aliphatic rings. The van der Waals surface area contributed by atoms with Crippen LogP contribution in [0.25, 0.3) is 11.0 Å². The van der Waals surface area contributed by atoms with Crippen LogP contribution in [0, 0.1) is 6.92 Å². The second-order valence-corrected chi connectivity index (χ2v) is 6.99. The number of methoxy groups -OCH3 is 1. The fraction of sp³-hybridized carbons (Fsp3) is 0.273. The van der Waals surface area contributed by atoms with Crippen LogP contribution >= 0.6 is 22.3 Å². The van der Waals surface area contributed by atoms with Crippen LogP contribution in [-0.4, -0.2) is 15.5 Å². The molecular weight excluding hydrogens is 299 g/mol. The van der Waals surface area contributed by atoms with Crippen molar-refractivity contribution in [1.29, 1.82) is 0 Å². The average Bonchev–Trinajstić information content (AvgIpc) is 2.63. The van der Waals surface area contributed by atoms with Crippen molar-refractivity contribution >= 4 is 42.3 Å². The standard InChI is InChI=1S/C11H10Cl2O4S/c1-6-3-8-10(12)7(5-18(13,14)15)4-9(16-2)11(8)17-6/h3-4H,5H2,1-2H3. The molecule has 2 aromatic rings. The number of benzene rings is 1. The minimum atomic E-state index is -3.68. The molecule has 98 valence electrons. The Morgan fingerprint density at radius 1 is 1.39 bits per heavy atom. The Hall–Kier alpha value is -0.910. The summed E-state index contributed by atoms with van der Waals surface area (Å²) in [5.74, 6) is 0.734. The number of hydrogen-bond donors (Lipinski definition) is 0. The van der Waals surface area contributed by atoms with Gasteiger partial charge in [0.05, 0.1) is 17.9 Å². The van der Waals surface area contributed by atoms with Gasteiger partial charge in [0.25, 0.3) is 0 Å². The quantitative estimate of drug-likeness (QED) is 0.815. The average molecular weight is 309 g/mol. The monoisotopic (exact) mass is 308 g/mol. The fourth-order valence-corrected chi connectivity index (χ4v) is 3.06. The number of fused-ring (bicyclic) bond motifs is 1. The first-order chi connectivity index (χ1) is 8.31. The molecule has 7 heteroatoms. The van der Waals surface area contributed by atoms with E-state index in [1.165, 1.54) is 13.2 Å². The van der Waals surface area contributed by atoms with Gasteiger partial charge in [-0.2, -0.15) is 0 Å². The van der Waals surface area contributed by atoms with Crippen LogP contribution in [0.4, 0.5) is 0 Å². The summed E-state index contributed by atoms with van der Waals surface area (Å²) in [7, 11) is 3.03. The minimum Gasteiger partial charge on any atom is -0.493 e. The Balaban J connectivity index is 2.72. The van der Waals surface area contributed by atoms with Crippen LogP contribution in [0.15, 0.2) is 16.5 Å². The third kappa shape index (κ3) is 2.58. The lowest BCUT2D eigenvalue weighted by atomic mass is 10.1. The van der Waals surface area contributed by atoms with E-state index in [4.69, 9.17) is 31.4 Å². The predicted molar refractivity (Wildman–Crippen MR) is 71.0 cm³/mol. The zero-order chi connectivity index (χ0) is 13.5. The molecule has 0 N–H and O–H groups in total. The van der Waals surface area contributed by atoms with E-state index in [2.05, 4.69) is 0 Å². The summed E-state index contributed by atoms with van der Waals surface area (Å²) in [6, 6.07) is 3.25. The molecule has 0 bridgehead atoms. The molecule has 0 atom stereocenters. The van der Waals surface area contributed by atoms with Crippen molar-refractivity contribution in [2.45, 2.75) is 12.7 Å². The summed E-state index contributed by atoms with van der Waals surface area (Å²) in [6.45, 7) is 1.77. The van der Waals surface area contributed by atoms with Gasteiger partial charge in [-0.3, -0.25) is 0 Å². The molecule has 0 unspecified atom stereocenters. The van der Waals surface area contributed by atoms with E-state index in [9.17, 15) is 8.42 Å². The number of halogens is 2. The maximum atomic E-state index is 11.1. The van der Waals surface area contributed by atoms with Crippen LogP contribution in [0.1, 0.15) is 11.3 Å². The van der Waals surface area contributed by atoms with Crippen molar-refractivity contribution in [2.75, 3.05) is 7.11 Å². The summed E-state index contributed by atoms with van der Waals surface area (Å²) in [5, 5.41) is 0.927. The molecule has 0 spiro atoms. The van der Waals surface area contributed by atoms with Crippen LogP contribution in [0.2, 0.25) is 5.02 Å². The van der Waals surface area contributed by atoms with Crippen LogP contribution in [-0.2, 0) is 14.8 Å². The molecular formula is C11H10Cl2O4S. The van der Waals surface area contributed by atoms with Crippen molar-refractivity contribution < 1.29 is 17.6 Å². The van der Waals surface area contributed by atoms with E-state index in [0.29, 0.717) is 33.1 Å². The van der Waals surface area contributed by atoms with Gasteiger partial charge in [-0.1, -0.05) is 11.6 Å². The fourth-order valence-electron chi connectivity index (χ4n) is 1.76. The van der Waals surface area contributed by atoms with Gasteiger partial charge in [-0.05, 0) is 24.6 Å². The molecule has 1 aromatic heterocycles. The molecule has 0 aliphatic heterocycles. The smallest absolute Gasteiger partial charge is 0.236 e. The van der Waals surface area contributed by atoms with Gasteiger partial charge in [0, 0.05) is 16.1 Å². The van der Waals surface area contributed by atoms with Gasteiger partial charge in [0.1, 0.15) is 5.76 Å². The number of hydrogen-bond acceptors (Lipinski definition) is 4. The van der Waals surface area contributed by atoms with E-state index in [-0.39, 0.29) is 5.75 Å². The second-order valence-electron chi connectivity index (χ2n) is 3.83. The lowest BCUT2D eigenvalue weighted by Crippen LogP contribution is -1.97. The first-order valence-electron chi connectivity index (χ1n) is 4.99. The predicted octanol–water partition coefficient (Wildman–Crippen LogP) is 3.47. The molecule has 0 saturated carbocycles. The molecule has 0 saturated heterocycles. The summed E-state index contributed by atoms with van der Waals surface area (Å²) >= 11 is 6.15. The van der Waals surface area contributed by atoms with Gasteiger partial charge in [0.2, 0.25) is 9.05 Å². The molecule has 2 rings (SSSR count). The molecule has 1 heterocycles. The highest BCUT2D eigenvalue weighted by Gasteiger charge is 2.18. The molecule has 0 aliphatic carbocycles. The Kier molecular flexibility index (Phi) is 3.49. The first-order valence-corrected chi connectivity index (χ1v) is 7.85. The van der Waals surface area contributed by atoms with E-state index >= 15 is 0 Å². The third-order valence-electron chi connectivity index (χ3n) is 2.45. The zero-order valence-electron chi connectivity index (χ0n) is 9.66. The van der Waals surface area contributed by atoms with E-state index in [1.54, 1.807) is 13.0 Å². The Bertz CT molecular complexity index is 703. The van der Waals surface area contributed by atoms with Crippen LogP contribution < -0.4 is 4.74 Å². The largest absolute Gasteiger partial charge is 0.493 e. The third-order valence-corrected chi connectivity index (χ3v) is 3.88. The molecule has 0 fully saturated rings.